The van der Waals surface area contributed by atoms with Gasteiger partial charge in [-0.3, -0.25) is 4.79 Å². The summed E-state index contributed by atoms with van der Waals surface area (Å²) < 4.78 is 0. The molecule has 0 radical (unpaired) electrons. The van der Waals surface area contributed by atoms with Gasteiger partial charge in [0.05, 0.1) is 5.25 Å². The van der Waals surface area contributed by atoms with Gasteiger partial charge in [0.15, 0.2) is 0 Å². The van der Waals surface area contributed by atoms with E-state index in [9.17, 15) is 4.79 Å². The normalized spacial score (nSPS) is 12.2. The fourth-order valence-corrected chi connectivity index (χ4v) is 2.34. The topological polar surface area (TPSA) is 46.3 Å². The molecule has 1 amide bonds. The lowest BCUT2D eigenvalue weighted by atomic mass is 10.2. The van der Waals surface area contributed by atoms with Crippen molar-refractivity contribution in [2.75, 3.05) is 14.1 Å². The monoisotopic (exact) mass is 238 g/mol. The lowest BCUT2D eigenvalue weighted by Gasteiger charge is -2.16. The van der Waals surface area contributed by atoms with Crippen LogP contribution >= 0.6 is 11.8 Å². The number of thioether (sulfide) groups is 1. The highest BCUT2D eigenvalue weighted by Crippen LogP contribution is 2.24. The first-order chi connectivity index (χ1) is 7.54. The van der Waals surface area contributed by atoms with Gasteiger partial charge >= 0.3 is 0 Å². The van der Waals surface area contributed by atoms with Crippen molar-refractivity contribution in [3.05, 3.63) is 29.8 Å². The van der Waals surface area contributed by atoms with Crippen LogP contribution in [-0.2, 0) is 11.3 Å². The van der Waals surface area contributed by atoms with Crippen LogP contribution in [0.2, 0.25) is 0 Å². The van der Waals surface area contributed by atoms with Crippen molar-refractivity contribution in [1.82, 2.24) is 4.90 Å². The van der Waals surface area contributed by atoms with Crippen molar-refractivity contribution >= 4 is 17.7 Å². The van der Waals surface area contributed by atoms with E-state index in [1.165, 1.54) is 0 Å². The summed E-state index contributed by atoms with van der Waals surface area (Å²) in [5, 5.41) is -0.0567. The summed E-state index contributed by atoms with van der Waals surface area (Å²) in [6, 6.07) is 8.00. The number of amides is 1. The highest BCUT2D eigenvalue weighted by atomic mass is 32.2. The van der Waals surface area contributed by atoms with Gasteiger partial charge < -0.3 is 10.6 Å². The second-order valence-corrected chi connectivity index (χ2v) is 5.26. The van der Waals surface area contributed by atoms with Crippen LogP contribution in [0.4, 0.5) is 0 Å². The smallest absolute Gasteiger partial charge is 0.235 e. The summed E-state index contributed by atoms with van der Waals surface area (Å²) in [5.74, 6) is 0.132. The molecule has 3 nitrogen and oxygen atoms in total. The quantitative estimate of drug-likeness (QED) is 0.812. The average molecular weight is 238 g/mol. The molecule has 0 aliphatic carbocycles. The molecule has 0 aliphatic rings. The molecule has 0 saturated carbocycles. The van der Waals surface area contributed by atoms with Crippen LogP contribution in [0.5, 0.6) is 0 Å². The molecule has 1 aromatic rings. The van der Waals surface area contributed by atoms with E-state index in [0.29, 0.717) is 6.54 Å². The molecule has 0 saturated heterocycles. The summed E-state index contributed by atoms with van der Waals surface area (Å²) in [5.41, 5.74) is 6.63. The second kappa shape index (κ2) is 5.92. The van der Waals surface area contributed by atoms with E-state index in [4.69, 9.17) is 5.73 Å². The largest absolute Gasteiger partial charge is 0.348 e. The number of carbonyl (C=O) groups excluding carboxylic acids is 1. The van der Waals surface area contributed by atoms with E-state index >= 15 is 0 Å². The Kier molecular flexibility index (Phi) is 4.83. The van der Waals surface area contributed by atoms with Gasteiger partial charge in [-0.1, -0.05) is 12.1 Å². The summed E-state index contributed by atoms with van der Waals surface area (Å²) in [6.07, 6.45) is 0. The summed E-state index contributed by atoms with van der Waals surface area (Å²) in [4.78, 5) is 14.4. The average Bonchev–Trinajstić information content (AvgIpc) is 2.28. The van der Waals surface area contributed by atoms with Crippen LogP contribution in [0.15, 0.2) is 29.2 Å². The fourth-order valence-electron chi connectivity index (χ4n) is 1.32. The number of carbonyl (C=O) groups is 1. The SMILES string of the molecule is CC(Sc1ccc(CN)cc1)C(=O)N(C)C. The standard InChI is InChI=1S/C12H18N2OS/c1-9(12(15)14(2)3)16-11-6-4-10(8-13)5-7-11/h4-7,9H,8,13H2,1-3H3. The number of nitrogens with two attached hydrogens (primary N) is 1. The van der Waals surface area contributed by atoms with Crippen LogP contribution < -0.4 is 5.73 Å². The Labute approximate surface area is 101 Å². The van der Waals surface area contributed by atoms with E-state index in [1.807, 2.05) is 31.2 Å². The van der Waals surface area contributed by atoms with Crippen molar-refractivity contribution in [2.45, 2.75) is 23.6 Å². The van der Waals surface area contributed by atoms with Crippen LogP contribution in [0.1, 0.15) is 12.5 Å². The van der Waals surface area contributed by atoms with Gasteiger partial charge in [-0.2, -0.15) is 0 Å². The molecule has 0 spiro atoms. The maximum atomic E-state index is 11.7. The number of rotatable bonds is 4. The highest BCUT2D eigenvalue weighted by Gasteiger charge is 2.15. The lowest BCUT2D eigenvalue weighted by molar-refractivity contribution is -0.127. The molecule has 1 aromatic carbocycles. The molecule has 0 bridgehead atoms. The highest BCUT2D eigenvalue weighted by molar-refractivity contribution is 8.00. The number of hydrogen-bond acceptors (Lipinski definition) is 3. The first-order valence-corrected chi connectivity index (χ1v) is 6.09. The Balaban J connectivity index is 2.62. The second-order valence-electron chi connectivity index (χ2n) is 3.84. The van der Waals surface area contributed by atoms with Gasteiger partial charge in [0.2, 0.25) is 5.91 Å². The predicted molar refractivity (Wildman–Crippen MR) is 68.3 cm³/mol. The Morgan fingerprint density at radius 2 is 1.94 bits per heavy atom. The Morgan fingerprint density at radius 1 is 1.38 bits per heavy atom. The molecule has 88 valence electrons. The van der Waals surface area contributed by atoms with E-state index in [2.05, 4.69) is 0 Å². The molecular formula is C12H18N2OS. The van der Waals surface area contributed by atoms with Crippen LogP contribution in [0.25, 0.3) is 0 Å². The minimum Gasteiger partial charge on any atom is -0.348 e. The fraction of sp³-hybridized carbons (Fsp3) is 0.417. The maximum Gasteiger partial charge on any atom is 0.235 e. The molecule has 1 unspecified atom stereocenters. The van der Waals surface area contributed by atoms with E-state index in [-0.39, 0.29) is 11.2 Å². The molecule has 0 aliphatic heterocycles. The van der Waals surface area contributed by atoms with Gasteiger partial charge in [0.1, 0.15) is 0 Å². The van der Waals surface area contributed by atoms with Gasteiger partial charge in [-0.15, -0.1) is 11.8 Å². The molecule has 1 rings (SSSR count). The third-order valence-corrected chi connectivity index (χ3v) is 3.36. The molecule has 2 N–H and O–H groups in total. The van der Waals surface area contributed by atoms with Crippen LogP contribution in [0, 0.1) is 0 Å². The molecule has 4 heteroatoms. The minimum atomic E-state index is -0.0567. The maximum absolute atomic E-state index is 11.7. The van der Waals surface area contributed by atoms with Crippen molar-refractivity contribution < 1.29 is 4.79 Å². The summed E-state index contributed by atoms with van der Waals surface area (Å²) in [7, 11) is 3.55. The minimum absolute atomic E-state index is 0.0567. The molecule has 0 heterocycles. The first-order valence-electron chi connectivity index (χ1n) is 5.21. The zero-order chi connectivity index (χ0) is 12.1. The zero-order valence-electron chi connectivity index (χ0n) is 9.93. The molecule has 0 aromatic heterocycles. The van der Waals surface area contributed by atoms with Crippen LogP contribution in [0.3, 0.4) is 0 Å². The summed E-state index contributed by atoms with van der Waals surface area (Å²) >= 11 is 1.57. The van der Waals surface area contributed by atoms with Gasteiger partial charge in [0, 0.05) is 25.5 Å². The first kappa shape index (κ1) is 13.1. The van der Waals surface area contributed by atoms with Gasteiger partial charge in [-0.05, 0) is 24.6 Å². The Morgan fingerprint density at radius 3 is 2.38 bits per heavy atom. The molecular weight excluding hydrogens is 220 g/mol. The van der Waals surface area contributed by atoms with E-state index in [1.54, 1.807) is 30.8 Å². The predicted octanol–water partition coefficient (Wildman–Crippen LogP) is 1.71. The van der Waals surface area contributed by atoms with Crippen molar-refractivity contribution in [3.8, 4) is 0 Å². The van der Waals surface area contributed by atoms with Gasteiger partial charge in [0.25, 0.3) is 0 Å². The number of hydrogen-bond donors (Lipinski definition) is 1. The van der Waals surface area contributed by atoms with Gasteiger partial charge in [-0.25, -0.2) is 0 Å². The Hall–Kier alpha value is -1.00. The number of nitrogens with zero attached hydrogens (tertiary/aromatic N) is 1. The van der Waals surface area contributed by atoms with Crippen molar-refractivity contribution in [2.24, 2.45) is 5.73 Å². The van der Waals surface area contributed by atoms with E-state index in [0.717, 1.165) is 10.5 Å². The molecule has 16 heavy (non-hydrogen) atoms. The lowest BCUT2D eigenvalue weighted by Crippen LogP contribution is -2.29. The third-order valence-electron chi connectivity index (χ3n) is 2.26. The molecule has 1 atom stereocenters. The Bertz CT molecular complexity index is 349. The number of benzene rings is 1. The van der Waals surface area contributed by atoms with E-state index < -0.39 is 0 Å². The summed E-state index contributed by atoms with van der Waals surface area (Å²) in [6.45, 7) is 2.47. The van der Waals surface area contributed by atoms with Crippen LogP contribution in [-0.4, -0.2) is 30.2 Å². The van der Waals surface area contributed by atoms with Crippen molar-refractivity contribution in [3.63, 3.8) is 0 Å². The molecule has 0 fully saturated rings. The third kappa shape index (κ3) is 3.54. The van der Waals surface area contributed by atoms with Crippen molar-refractivity contribution in [1.29, 1.82) is 0 Å². The zero-order valence-corrected chi connectivity index (χ0v) is 10.8.